The topological polar surface area (TPSA) is 104 Å². The maximum Gasteiger partial charge on any atom is 0.308 e. The summed E-state index contributed by atoms with van der Waals surface area (Å²) in [6.45, 7) is 1.57. The summed E-state index contributed by atoms with van der Waals surface area (Å²) >= 11 is 1.10. The summed E-state index contributed by atoms with van der Waals surface area (Å²) in [5.41, 5.74) is 0. The number of thiophene rings is 1. The summed E-state index contributed by atoms with van der Waals surface area (Å²) < 4.78 is 26.2. The maximum absolute atomic E-state index is 11.8. The lowest BCUT2D eigenvalue weighted by atomic mass is 10.2. The van der Waals surface area contributed by atoms with Crippen molar-refractivity contribution >= 4 is 33.2 Å². The highest BCUT2D eigenvalue weighted by molar-refractivity contribution is 7.91. The average molecular weight is 334 g/mol. The molecule has 0 aliphatic heterocycles. The zero-order chi connectivity index (χ0) is 16.0. The van der Waals surface area contributed by atoms with Gasteiger partial charge in [0.15, 0.2) is 0 Å². The Bertz CT molecular complexity index is 583. The molecular weight excluding hydrogens is 316 g/mol. The third kappa shape index (κ3) is 5.44. The van der Waals surface area contributed by atoms with Crippen LogP contribution in [0.1, 0.15) is 13.3 Å². The second kappa shape index (κ2) is 7.53. The Morgan fingerprint density at radius 3 is 2.67 bits per heavy atom. The van der Waals surface area contributed by atoms with Gasteiger partial charge in [-0.2, -0.15) is 0 Å². The molecule has 9 heteroatoms. The lowest BCUT2D eigenvalue weighted by Gasteiger charge is -2.19. The minimum atomic E-state index is -3.57. The lowest BCUT2D eigenvalue weighted by molar-refractivity contribution is -0.142. The highest BCUT2D eigenvalue weighted by atomic mass is 32.2. The molecule has 118 valence electrons. The highest BCUT2D eigenvalue weighted by Gasteiger charge is 2.19. The van der Waals surface area contributed by atoms with E-state index in [4.69, 9.17) is 5.11 Å². The van der Waals surface area contributed by atoms with E-state index >= 15 is 0 Å². The summed E-state index contributed by atoms with van der Waals surface area (Å²) in [5.74, 6) is -1.95. The quantitative estimate of drug-likeness (QED) is 0.724. The Labute approximate surface area is 127 Å². The van der Waals surface area contributed by atoms with Crippen LogP contribution in [-0.2, 0) is 19.6 Å². The van der Waals surface area contributed by atoms with Crippen LogP contribution in [0.15, 0.2) is 21.7 Å². The molecule has 0 saturated heterocycles. The molecule has 1 unspecified atom stereocenters. The van der Waals surface area contributed by atoms with Crippen molar-refractivity contribution in [2.75, 3.05) is 20.1 Å². The summed E-state index contributed by atoms with van der Waals surface area (Å²) in [5, 5.41) is 10.4. The molecule has 0 spiro atoms. The number of sulfonamides is 1. The van der Waals surface area contributed by atoms with Gasteiger partial charge in [-0.1, -0.05) is 13.0 Å². The minimum absolute atomic E-state index is 0.0204. The van der Waals surface area contributed by atoms with Crippen LogP contribution in [0.5, 0.6) is 0 Å². The molecule has 0 aliphatic rings. The number of hydrogen-bond acceptors (Lipinski definition) is 5. The van der Waals surface area contributed by atoms with Gasteiger partial charge in [0.25, 0.3) is 0 Å². The van der Waals surface area contributed by atoms with Crippen LogP contribution < -0.4 is 4.72 Å². The van der Waals surface area contributed by atoms with Crippen LogP contribution in [0.3, 0.4) is 0 Å². The van der Waals surface area contributed by atoms with E-state index in [1.54, 1.807) is 11.4 Å². The number of nitrogens with one attached hydrogen (secondary N) is 1. The largest absolute Gasteiger partial charge is 0.481 e. The Morgan fingerprint density at radius 2 is 2.14 bits per heavy atom. The van der Waals surface area contributed by atoms with Gasteiger partial charge >= 0.3 is 5.97 Å². The van der Waals surface area contributed by atoms with Gasteiger partial charge in [-0.15, -0.1) is 11.3 Å². The first-order valence-electron chi connectivity index (χ1n) is 6.24. The van der Waals surface area contributed by atoms with E-state index in [1.165, 1.54) is 24.9 Å². The molecule has 2 N–H and O–H groups in total. The zero-order valence-corrected chi connectivity index (χ0v) is 13.4. The average Bonchev–Trinajstić information content (AvgIpc) is 2.92. The molecule has 0 bridgehead atoms. The predicted octanol–water partition coefficient (Wildman–Crippen LogP) is 0.596. The molecule has 1 heterocycles. The standard InChI is InChI=1S/C12H18N2O5S2/c1-9(12(16)17)8-14(2)10(15)5-6-13-21(18,19)11-4-3-7-20-11/h3-4,7,9,13H,5-6,8H2,1-2H3,(H,16,17). The van der Waals surface area contributed by atoms with Crippen LogP contribution in [-0.4, -0.2) is 50.4 Å². The third-order valence-corrected chi connectivity index (χ3v) is 5.64. The monoisotopic (exact) mass is 334 g/mol. The Hall–Kier alpha value is -1.45. The molecule has 1 aromatic heterocycles. The van der Waals surface area contributed by atoms with Crippen molar-refractivity contribution in [1.82, 2.24) is 9.62 Å². The fourth-order valence-corrected chi connectivity index (χ4v) is 3.63. The number of amides is 1. The molecule has 1 rings (SSSR count). The fraction of sp³-hybridized carbons (Fsp3) is 0.500. The summed E-state index contributed by atoms with van der Waals surface area (Å²) in [4.78, 5) is 23.8. The lowest BCUT2D eigenvalue weighted by Crippen LogP contribution is -2.36. The number of carbonyl (C=O) groups excluding carboxylic acids is 1. The molecular formula is C12H18N2O5S2. The van der Waals surface area contributed by atoms with Gasteiger partial charge in [0.2, 0.25) is 15.9 Å². The van der Waals surface area contributed by atoms with Crippen molar-refractivity contribution in [2.24, 2.45) is 5.92 Å². The van der Waals surface area contributed by atoms with Gasteiger partial charge < -0.3 is 10.0 Å². The van der Waals surface area contributed by atoms with Gasteiger partial charge in [0, 0.05) is 26.6 Å². The van der Waals surface area contributed by atoms with E-state index < -0.39 is 21.9 Å². The zero-order valence-electron chi connectivity index (χ0n) is 11.8. The van der Waals surface area contributed by atoms with Crippen LogP contribution in [0, 0.1) is 5.92 Å². The first-order chi connectivity index (χ1) is 9.74. The van der Waals surface area contributed by atoms with Crippen LogP contribution >= 0.6 is 11.3 Å². The minimum Gasteiger partial charge on any atom is -0.481 e. The van der Waals surface area contributed by atoms with Crippen LogP contribution in [0.4, 0.5) is 0 Å². The number of rotatable bonds is 8. The number of carbonyl (C=O) groups is 2. The van der Waals surface area contributed by atoms with E-state index in [1.807, 2.05) is 0 Å². The van der Waals surface area contributed by atoms with Crippen molar-refractivity contribution in [2.45, 2.75) is 17.6 Å². The Morgan fingerprint density at radius 1 is 1.48 bits per heavy atom. The van der Waals surface area contributed by atoms with E-state index in [9.17, 15) is 18.0 Å². The van der Waals surface area contributed by atoms with E-state index in [-0.39, 0.29) is 29.6 Å². The normalized spacial score (nSPS) is 12.9. The molecule has 0 radical (unpaired) electrons. The molecule has 0 aromatic carbocycles. The van der Waals surface area contributed by atoms with Crippen molar-refractivity contribution in [3.8, 4) is 0 Å². The van der Waals surface area contributed by atoms with Gasteiger partial charge in [0.05, 0.1) is 5.92 Å². The molecule has 0 saturated carbocycles. The molecule has 1 atom stereocenters. The Balaban J connectivity index is 2.42. The molecule has 0 aliphatic carbocycles. The SMILES string of the molecule is CC(CN(C)C(=O)CCNS(=O)(=O)c1cccs1)C(=O)O. The third-order valence-electron chi connectivity index (χ3n) is 2.79. The molecule has 1 aromatic rings. The molecule has 1 amide bonds. The predicted molar refractivity (Wildman–Crippen MR) is 78.6 cm³/mol. The van der Waals surface area contributed by atoms with Gasteiger partial charge in [0.1, 0.15) is 4.21 Å². The molecule has 7 nitrogen and oxygen atoms in total. The smallest absolute Gasteiger partial charge is 0.308 e. The number of nitrogens with zero attached hydrogens (tertiary/aromatic N) is 1. The highest BCUT2D eigenvalue weighted by Crippen LogP contribution is 2.15. The second-order valence-electron chi connectivity index (χ2n) is 4.59. The van der Waals surface area contributed by atoms with Gasteiger partial charge in [-0.25, -0.2) is 13.1 Å². The Kier molecular flexibility index (Phi) is 6.31. The van der Waals surface area contributed by atoms with Crippen molar-refractivity contribution in [3.05, 3.63) is 17.5 Å². The van der Waals surface area contributed by atoms with Gasteiger partial charge in [-0.3, -0.25) is 9.59 Å². The number of carboxylic acid groups (broad SMARTS) is 1. The summed E-state index contributed by atoms with van der Waals surface area (Å²) in [6.07, 6.45) is -0.0204. The first kappa shape index (κ1) is 17.6. The van der Waals surface area contributed by atoms with Crippen molar-refractivity contribution < 1.29 is 23.1 Å². The van der Waals surface area contributed by atoms with E-state index in [0.29, 0.717) is 0 Å². The first-order valence-corrected chi connectivity index (χ1v) is 8.60. The number of carboxylic acids is 1. The van der Waals surface area contributed by atoms with Crippen molar-refractivity contribution in [1.29, 1.82) is 0 Å². The summed E-state index contributed by atoms with van der Waals surface area (Å²) in [6, 6.07) is 3.11. The number of hydrogen-bond donors (Lipinski definition) is 2. The van der Waals surface area contributed by atoms with Crippen LogP contribution in [0.25, 0.3) is 0 Å². The van der Waals surface area contributed by atoms with Crippen LogP contribution in [0.2, 0.25) is 0 Å². The second-order valence-corrected chi connectivity index (χ2v) is 7.53. The maximum atomic E-state index is 11.8. The summed E-state index contributed by atoms with van der Waals surface area (Å²) in [7, 11) is -2.08. The number of aliphatic carboxylic acids is 1. The molecule has 21 heavy (non-hydrogen) atoms. The van der Waals surface area contributed by atoms with Gasteiger partial charge in [-0.05, 0) is 11.4 Å². The molecule has 0 fully saturated rings. The van der Waals surface area contributed by atoms with E-state index in [2.05, 4.69) is 4.72 Å². The van der Waals surface area contributed by atoms with E-state index in [0.717, 1.165) is 11.3 Å². The fourth-order valence-electron chi connectivity index (χ4n) is 1.56. The van der Waals surface area contributed by atoms with Crippen molar-refractivity contribution in [3.63, 3.8) is 0 Å².